The van der Waals surface area contributed by atoms with Crippen LogP contribution in [0.3, 0.4) is 0 Å². The van der Waals surface area contributed by atoms with E-state index in [9.17, 15) is 0 Å². The number of halogens is 1. The number of nitrogens with zero attached hydrogens (tertiary/aromatic N) is 2. The minimum atomic E-state index is -0.0524. The summed E-state index contributed by atoms with van der Waals surface area (Å²) in [5.74, 6) is 0.567. The van der Waals surface area contributed by atoms with Gasteiger partial charge in [-0.15, -0.1) is 0 Å². The summed E-state index contributed by atoms with van der Waals surface area (Å²) in [6, 6.07) is 16.7. The monoisotopic (exact) mass is 400 g/mol. The van der Waals surface area contributed by atoms with E-state index in [0.717, 1.165) is 15.7 Å². The van der Waals surface area contributed by atoms with Crippen molar-refractivity contribution in [3.05, 3.63) is 76.3 Å². The Hall–Kier alpha value is -2.47. The lowest BCUT2D eigenvalue weighted by atomic mass is 10.1. The summed E-state index contributed by atoms with van der Waals surface area (Å²) in [6.45, 7) is 2.73. The van der Waals surface area contributed by atoms with E-state index in [-0.39, 0.29) is 12.8 Å². The Morgan fingerprint density at radius 2 is 1.96 bits per heavy atom. The van der Waals surface area contributed by atoms with Crippen molar-refractivity contribution in [3.63, 3.8) is 0 Å². The maximum Gasteiger partial charge on any atom is 0.300 e. The van der Waals surface area contributed by atoms with Gasteiger partial charge in [0.15, 0.2) is 0 Å². The van der Waals surface area contributed by atoms with Crippen molar-refractivity contribution in [1.29, 1.82) is 0 Å². The topological polar surface area (TPSA) is 43.3 Å². The molecule has 0 saturated heterocycles. The molecule has 4 rings (SSSR count). The highest BCUT2D eigenvalue weighted by Crippen LogP contribution is 2.31. The van der Waals surface area contributed by atoms with Crippen molar-refractivity contribution in [2.75, 3.05) is 18.3 Å². The molecule has 25 heavy (non-hydrogen) atoms. The van der Waals surface area contributed by atoms with E-state index >= 15 is 0 Å². The molecule has 0 radical (unpaired) electrons. The average molecular weight is 401 g/mol. The van der Waals surface area contributed by atoms with E-state index in [1.165, 1.54) is 5.56 Å². The van der Waals surface area contributed by atoms with Crippen LogP contribution in [0, 0.1) is 6.92 Å². The normalized spacial score (nSPS) is 18.7. The second kappa shape index (κ2) is 6.80. The lowest BCUT2D eigenvalue weighted by molar-refractivity contribution is 0.0795. The fourth-order valence-corrected chi connectivity index (χ4v) is 3.16. The van der Waals surface area contributed by atoms with Crippen molar-refractivity contribution in [1.82, 2.24) is 0 Å². The molecule has 0 aromatic heterocycles. The number of amidine groups is 1. The minimum absolute atomic E-state index is 0.0524. The molecule has 0 saturated carbocycles. The van der Waals surface area contributed by atoms with Crippen LogP contribution in [0.15, 0.2) is 70.1 Å². The standard InChI is InChI=1S/C19H17BrN2O3/c1-13-5-7-16(8-6-13)22(18-11-23-12-25-18)19-21-17(10-24-19)14-3-2-4-15(20)9-14/h2-9,11,17H,10,12H2,1H3. The Kier molecular flexibility index (Phi) is 4.36. The lowest BCUT2D eigenvalue weighted by Gasteiger charge is -2.22. The number of hydrogen-bond donors (Lipinski definition) is 0. The van der Waals surface area contributed by atoms with E-state index in [4.69, 9.17) is 19.2 Å². The molecule has 0 aliphatic carbocycles. The maximum atomic E-state index is 5.90. The van der Waals surface area contributed by atoms with Gasteiger partial charge in [0.25, 0.3) is 6.02 Å². The lowest BCUT2D eigenvalue weighted by Crippen LogP contribution is -2.30. The maximum absolute atomic E-state index is 5.90. The first-order valence-electron chi connectivity index (χ1n) is 7.98. The van der Waals surface area contributed by atoms with E-state index < -0.39 is 0 Å². The van der Waals surface area contributed by atoms with Gasteiger partial charge in [-0.3, -0.25) is 0 Å². The van der Waals surface area contributed by atoms with Crippen LogP contribution >= 0.6 is 15.9 Å². The van der Waals surface area contributed by atoms with Crippen LogP contribution in [0.5, 0.6) is 0 Å². The van der Waals surface area contributed by atoms with Gasteiger partial charge in [-0.2, -0.15) is 0 Å². The number of benzene rings is 2. The zero-order chi connectivity index (χ0) is 17.2. The van der Waals surface area contributed by atoms with Gasteiger partial charge in [-0.1, -0.05) is 45.8 Å². The van der Waals surface area contributed by atoms with E-state index in [2.05, 4.69) is 35.0 Å². The summed E-state index contributed by atoms with van der Waals surface area (Å²) in [7, 11) is 0. The third-order valence-electron chi connectivity index (χ3n) is 4.03. The summed E-state index contributed by atoms with van der Waals surface area (Å²) < 4.78 is 17.7. The molecule has 0 N–H and O–H groups in total. The highest BCUT2D eigenvalue weighted by atomic mass is 79.9. The zero-order valence-electron chi connectivity index (χ0n) is 13.7. The van der Waals surface area contributed by atoms with E-state index in [1.54, 1.807) is 6.26 Å². The summed E-state index contributed by atoms with van der Waals surface area (Å²) in [5, 5.41) is 0. The Morgan fingerprint density at radius 1 is 1.12 bits per heavy atom. The quantitative estimate of drug-likeness (QED) is 0.760. The molecule has 128 valence electrons. The largest absolute Gasteiger partial charge is 0.462 e. The molecular weight excluding hydrogens is 384 g/mol. The molecular formula is C19H17BrN2O3. The molecule has 2 aliphatic heterocycles. The molecule has 0 bridgehead atoms. The predicted octanol–water partition coefficient (Wildman–Crippen LogP) is 4.49. The van der Waals surface area contributed by atoms with Crippen molar-refractivity contribution in [2.45, 2.75) is 13.0 Å². The fourth-order valence-electron chi connectivity index (χ4n) is 2.74. The third kappa shape index (κ3) is 3.35. The van der Waals surface area contributed by atoms with Crippen LogP contribution < -0.4 is 4.90 Å². The van der Waals surface area contributed by atoms with Gasteiger partial charge in [0.2, 0.25) is 12.7 Å². The number of rotatable bonds is 3. The number of ether oxygens (including phenoxy) is 3. The smallest absolute Gasteiger partial charge is 0.300 e. The van der Waals surface area contributed by atoms with Crippen LogP contribution in [-0.4, -0.2) is 19.4 Å². The van der Waals surface area contributed by atoms with Crippen LogP contribution in [0.1, 0.15) is 17.2 Å². The van der Waals surface area contributed by atoms with Crippen molar-refractivity contribution < 1.29 is 14.2 Å². The minimum Gasteiger partial charge on any atom is -0.462 e. The first-order valence-corrected chi connectivity index (χ1v) is 8.77. The summed E-state index contributed by atoms with van der Waals surface area (Å²) in [6.07, 6.45) is 1.58. The van der Waals surface area contributed by atoms with Gasteiger partial charge in [0.05, 0.1) is 5.69 Å². The number of aliphatic imine (C=N–C) groups is 1. The molecule has 2 aliphatic rings. The Balaban J connectivity index is 1.68. The van der Waals surface area contributed by atoms with Crippen LogP contribution in [-0.2, 0) is 14.2 Å². The molecule has 0 fully saturated rings. The Labute approximate surface area is 154 Å². The molecule has 2 aromatic rings. The van der Waals surface area contributed by atoms with Gasteiger partial charge >= 0.3 is 0 Å². The average Bonchev–Trinajstić information content (AvgIpc) is 3.30. The molecule has 2 aromatic carbocycles. The predicted molar refractivity (Wildman–Crippen MR) is 99.0 cm³/mol. The number of anilines is 1. The zero-order valence-corrected chi connectivity index (χ0v) is 15.3. The Morgan fingerprint density at radius 3 is 2.68 bits per heavy atom. The van der Waals surface area contributed by atoms with Crippen LogP contribution in [0.4, 0.5) is 5.69 Å². The van der Waals surface area contributed by atoms with Gasteiger partial charge in [0.1, 0.15) is 18.9 Å². The van der Waals surface area contributed by atoms with Crippen molar-refractivity contribution in [3.8, 4) is 0 Å². The summed E-state index contributed by atoms with van der Waals surface area (Å²) in [5.41, 5.74) is 3.20. The first kappa shape index (κ1) is 16.0. The summed E-state index contributed by atoms with van der Waals surface area (Å²) in [4.78, 5) is 6.60. The van der Waals surface area contributed by atoms with Crippen LogP contribution in [0.25, 0.3) is 0 Å². The molecule has 6 heteroatoms. The number of aryl methyl sites for hydroxylation is 1. The van der Waals surface area contributed by atoms with Crippen LogP contribution in [0.2, 0.25) is 0 Å². The molecule has 5 nitrogen and oxygen atoms in total. The summed E-state index contributed by atoms with van der Waals surface area (Å²) >= 11 is 3.51. The molecule has 0 amide bonds. The Bertz CT molecular complexity index is 833. The second-order valence-electron chi connectivity index (χ2n) is 5.85. The molecule has 1 unspecified atom stereocenters. The molecule has 1 atom stereocenters. The van der Waals surface area contributed by atoms with E-state index in [1.807, 2.05) is 41.3 Å². The third-order valence-corrected chi connectivity index (χ3v) is 4.53. The van der Waals surface area contributed by atoms with Crippen molar-refractivity contribution >= 4 is 27.6 Å². The molecule has 2 heterocycles. The van der Waals surface area contributed by atoms with E-state index in [0.29, 0.717) is 18.5 Å². The SMILES string of the molecule is Cc1ccc(N(C2=COCO2)C2=NC(c3cccc(Br)c3)CO2)cc1. The highest BCUT2D eigenvalue weighted by Gasteiger charge is 2.30. The van der Waals surface area contributed by atoms with Gasteiger partial charge < -0.3 is 14.2 Å². The molecule has 0 spiro atoms. The fraction of sp³-hybridized carbons (Fsp3) is 0.211. The number of hydrogen-bond acceptors (Lipinski definition) is 5. The highest BCUT2D eigenvalue weighted by molar-refractivity contribution is 9.10. The second-order valence-corrected chi connectivity index (χ2v) is 6.77. The first-order chi connectivity index (χ1) is 12.2. The van der Waals surface area contributed by atoms with Gasteiger partial charge in [-0.25, -0.2) is 9.89 Å². The van der Waals surface area contributed by atoms with Gasteiger partial charge in [-0.05, 0) is 36.8 Å². The van der Waals surface area contributed by atoms with Gasteiger partial charge in [0, 0.05) is 4.47 Å². The van der Waals surface area contributed by atoms with Crippen molar-refractivity contribution in [2.24, 2.45) is 4.99 Å².